The largest absolute Gasteiger partial charge is 0.348 e. The minimum atomic E-state index is -0.454. The zero-order valence-electron chi connectivity index (χ0n) is 11.9. The average molecular weight is 375 g/mol. The first-order chi connectivity index (χ1) is 11.1. The summed E-state index contributed by atoms with van der Waals surface area (Å²) >= 11 is 3.24. The second-order valence-electron chi connectivity index (χ2n) is 4.80. The predicted octanol–water partition coefficient (Wildman–Crippen LogP) is 3.10. The lowest BCUT2D eigenvalue weighted by atomic mass is 10.2. The van der Waals surface area contributed by atoms with Crippen molar-refractivity contribution in [2.24, 2.45) is 0 Å². The van der Waals surface area contributed by atoms with Crippen molar-refractivity contribution in [1.82, 2.24) is 19.9 Å². The molecule has 1 aromatic carbocycles. The molecule has 1 N–H and O–H groups in total. The Morgan fingerprint density at radius 1 is 1.30 bits per heavy atom. The van der Waals surface area contributed by atoms with E-state index in [0.717, 1.165) is 11.4 Å². The van der Waals surface area contributed by atoms with E-state index in [0.29, 0.717) is 11.0 Å². The third-order valence-electron chi connectivity index (χ3n) is 3.20. The Morgan fingerprint density at radius 2 is 2.17 bits per heavy atom. The summed E-state index contributed by atoms with van der Waals surface area (Å²) in [5, 5.41) is 2.74. The maximum Gasteiger partial charge on any atom is 0.252 e. The lowest BCUT2D eigenvalue weighted by Gasteiger charge is -2.08. The number of amides is 1. The van der Waals surface area contributed by atoms with Gasteiger partial charge >= 0.3 is 0 Å². The Kier molecular flexibility index (Phi) is 4.47. The van der Waals surface area contributed by atoms with E-state index in [1.165, 1.54) is 18.2 Å². The highest BCUT2D eigenvalue weighted by Crippen LogP contribution is 2.17. The molecule has 0 saturated carbocycles. The zero-order chi connectivity index (χ0) is 16.2. The van der Waals surface area contributed by atoms with Crippen LogP contribution in [0.4, 0.5) is 4.39 Å². The lowest BCUT2D eigenvalue weighted by Crippen LogP contribution is -2.23. The van der Waals surface area contributed by atoms with Crippen LogP contribution in [0.15, 0.2) is 59.7 Å². The van der Waals surface area contributed by atoms with Gasteiger partial charge in [0.15, 0.2) is 0 Å². The first-order valence-electron chi connectivity index (χ1n) is 6.80. The molecule has 0 saturated heterocycles. The van der Waals surface area contributed by atoms with Crippen LogP contribution in [-0.2, 0) is 6.54 Å². The summed E-state index contributed by atoms with van der Waals surface area (Å²) in [6.07, 6.45) is 6.80. The molecule has 0 spiro atoms. The summed E-state index contributed by atoms with van der Waals surface area (Å²) < 4.78 is 15.6. The van der Waals surface area contributed by atoms with E-state index in [1.54, 1.807) is 29.5 Å². The molecule has 3 rings (SSSR count). The third-order valence-corrected chi connectivity index (χ3v) is 3.90. The van der Waals surface area contributed by atoms with Gasteiger partial charge in [0.2, 0.25) is 0 Å². The molecule has 0 unspecified atom stereocenters. The molecule has 0 aliphatic carbocycles. The monoisotopic (exact) mass is 374 g/mol. The van der Waals surface area contributed by atoms with Crippen molar-refractivity contribution >= 4 is 21.8 Å². The van der Waals surface area contributed by atoms with Crippen molar-refractivity contribution in [2.75, 3.05) is 0 Å². The first kappa shape index (κ1) is 15.4. The molecule has 0 radical (unpaired) electrons. The van der Waals surface area contributed by atoms with Crippen LogP contribution in [0.3, 0.4) is 0 Å². The van der Waals surface area contributed by atoms with Crippen LogP contribution >= 0.6 is 15.9 Å². The van der Waals surface area contributed by atoms with Gasteiger partial charge in [-0.1, -0.05) is 6.07 Å². The number of aromatic nitrogens is 3. The number of rotatable bonds is 4. The topological polar surface area (TPSA) is 59.8 Å². The van der Waals surface area contributed by atoms with Crippen LogP contribution in [0.5, 0.6) is 0 Å². The number of hydrogen-bond acceptors (Lipinski definition) is 3. The van der Waals surface area contributed by atoms with Crippen molar-refractivity contribution in [3.8, 4) is 5.82 Å². The molecule has 3 aromatic rings. The quantitative estimate of drug-likeness (QED) is 0.763. The van der Waals surface area contributed by atoms with Crippen LogP contribution in [-0.4, -0.2) is 20.4 Å². The summed E-state index contributed by atoms with van der Waals surface area (Å²) in [5.74, 6) is -0.0646. The van der Waals surface area contributed by atoms with Gasteiger partial charge in [-0.3, -0.25) is 9.36 Å². The van der Waals surface area contributed by atoms with Crippen molar-refractivity contribution in [3.63, 3.8) is 0 Å². The van der Waals surface area contributed by atoms with Crippen LogP contribution in [0.1, 0.15) is 15.9 Å². The van der Waals surface area contributed by atoms with Gasteiger partial charge in [-0.05, 0) is 45.8 Å². The minimum absolute atomic E-state index is 0.257. The van der Waals surface area contributed by atoms with Gasteiger partial charge in [0.1, 0.15) is 18.0 Å². The van der Waals surface area contributed by atoms with E-state index >= 15 is 0 Å². The SMILES string of the molecule is O=C(NCc1ccc(-n2ccnc2)nc1)c1cc(F)ccc1Br. The Hall–Kier alpha value is -2.54. The normalized spacial score (nSPS) is 10.5. The number of imidazole rings is 1. The fraction of sp³-hybridized carbons (Fsp3) is 0.0625. The molecule has 7 heteroatoms. The van der Waals surface area contributed by atoms with E-state index in [9.17, 15) is 9.18 Å². The first-order valence-corrected chi connectivity index (χ1v) is 7.59. The molecule has 0 aliphatic heterocycles. The molecule has 0 bridgehead atoms. The molecule has 0 atom stereocenters. The summed E-state index contributed by atoms with van der Waals surface area (Å²) in [4.78, 5) is 20.4. The lowest BCUT2D eigenvalue weighted by molar-refractivity contribution is 0.0949. The highest BCUT2D eigenvalue weighted by atomic mass is 79.9. The van der Waals surface area contributed by atoms with Crippen molar-refractivity contribution in [3.05, 3.63) is 76.7 Å². The molecule has 1 amide bonds. The van der Waals surface area contributed by atoms with Crippen molar-refractivity contribution < 1.29 is 9.18 Å². The average Bonchev–Trinajstić information content (AvgIpc) is 3.10. The molecule has 5 nitrogen and oxygen atoms in total. The second kappa shape index (κ2) is 6.70. The number of pyridine rings is 1. The summed E-state index contributed by atoms with van der Waals surface area (Å²) in [6.45, 7) is 0.305. The Labute approximate surface area is 140 Å². The standard InChI is InChI=1S/C16H12BrFN4O/c17-14-3-2-12(18)7-13(14)16(23)21-9-11-1-4-15(20-8-11)22-6-5-19-10-22/h1-8,10H,9H2,(H,21,23). The van der Waals surface area contributed by atoms with Gasteiger partial charge in [-0.25, -0.2) is 14.4 Å². The number of hydrogen-bond donors (Lipinski definition) is 1. The molecule has 2 aromatic heterocycles. The molecule has 116 valence electrons. The number of halogens is 2. The van der Waals surface area contributed by atoms with Gasteiger partial charge in [-0.15, -0.1) is 0 Å². The van der Waals surface area contributed by atoms with Crippen LogP contribution < -0.4 is 5.32 Å². The Balaban J connectivity index is 1.66. The molecule has 0 aliphatic rings. The highest BCUT2D eigenvalue weighted by Gasteiger charge is 2.11. The fourth-order valence-electron chi connectivity index (χ4n) is 2.02. The molecular formula is C16H12BrFN4O. The predicted molar refractivity (Wildman–Crippen MR) is 86.6 cm³/mol. The smallest absolute Gasteiger partial charge is 0.252 e. The second-order valence-corrected chi connectivity index (χ2v) is 5.66. The number of benzene rings is 1. The maximum atomic E-state index is 13.2. The van der Waals surface area contributed by atoms with Crippen molar-refractivity contribution in [1.29, 1.82) is 0 Å². The molecule has 0 fully saturated rings. The van der Waals surface area contributed by atoms with Gasteiger partial charge in [0.25, 0.3) is 5.91 Å². The Bertz CT molecular complexity index is 819. The summed E-state index contributed by atoms with van der Waals surface area (Å²) in [7, 11) is 0. The molecular weight excluding hydrogens is 363 g/mol. The minimum Gasteiger partial charge on any atom is -0.348 e. The maximum absolute atomic E-state index is 13.2. The molecule has 2 heterocycles. The van der Waals surface area contributed by atoms with Crippen LogP contribution in [0.25, 0.3) is 5.82 Å². The van der Waals surface area contributed by atoms with Gasteiger partial charge in [-0.2, -0.15) is 0 Å². The van der Waals surface area contributed by atoms with E-state index in [2.05, 4.69) is 31.2 Å². The summed E-state index contributed by atoms with van der Waals surface area (Å²) in [5.41, 5.74) is 1.10. The third kappa shape index (κ3) is 3.62. The van der Waals surface area contributed by atoms with Crippen LogP contribution in [0.2, 0.25) is 0 Å². The van der Waals surface area contributed by atoms with Gasteiger partial charge < -0.3 is 5.32 Å². The Morgan fingerprint density at radius 3 is 2.87 bits per heavy atom. The number of carbonyl (C=O) groups is 1. The summed E-state index contributed by atoms with van der Waals surface area (Å²) in [6, 6.07) is 7.69. The van der Waals surface area contributed by atoms with E-state index in [-0.39, 0.29) is 11.5 Å². The highest BCUT2D eigenvalue weighted by molar-refractivity contribution is 9.10. The number of carbonyl (C=O) groups excluding carboxylic acids is 1. The number of nitrogens with zero attached hydrogens (tertiary/aromatic N) is 3. The molecule has 23 heavy (non-hydrogen) atoms. The van der Waals surface area contributed by atoms with Crippen LogP contribution in [0, 0.1) is 5.82 Å². The zero-order valence-corrected chi connectivity index (χ0v) is 13.5. The van der Waals surface area contributed by atoms with Gasteiger partial charge in [0, 0.05) is 29.6 Å². The van der Waals surface area contributed by atoms with Gasteiger partial charge in [0.05, 0.1) is 5.56 Å². The van der Waals surface area contributed by atoms with Crippen molar-refractivity contribution in [2.45, 2.75) is 6.54 Å². The van der Waals surface area contributed by atoms with E-state index in [4.69, 9.17) is 0 Å². The number of nitrogens with one attached hydrogen (secondary N) is 1. The van der Waals surface area contributed by atoms with E-state index < -0.39 is 5.82 Å². The van der Waals surface area contributed by atoms with E-state index in [1.807, 2.05) is 12.1 Å². The fourth-order valence-corrected chi connectivity index (χ4v) is 2.44.